The van der Waals surface area contributed by atoms with Crippen LogP contribution in [0.3, 0.4) is 0 Å². The molecule has 0 atom stereocenters. The second-order valence-corrected chi connectivity index (χ2v) is 10.2. The maximum absolute atomic E-state index is 13.2. The maximum Gasteiger partial charge on any atom is 0.291 e. The van der Waals surface area contributed by atoms with Crippen LogP contribution in [0.4, 0.5) is 0 Å². The van der Waals surface area contributed by atoms with Crippen LogP contribution >= 0.6 is 27.3 Å². The van der Waals surface area contributed by atoms with Gasteiger partial charge in [0.15, 0.2) is 5.82 Å². The highest BCUT2D eigenvalue weighted by Gasteiger charge is 2.15. The molecule has 6 rings (SSSR count). The van der Waals surface area contributed by atoms with Gasteiger partial charge in [0.05, 0.1) is 17.3 Å². The van der Waals surface area contributed by atoms with E-state index in [4.69, 9.17) is 14.6 Å². The lowest BCUT2D eigenvalue weighted by Gasteiger charge is -2.02. The van der Waals surface area contributed by atoms with Gasteiger partial charge in [-0.15, -0.1) is 5.10 Å². The summed E-state index contributed by atoms with van der Waals surface area (Å²) in [5, 5.41) is 9.21. The highest BCUT2D eigenvalue weighted by Crippen LogP contribution is 2.26. The van der Waals surface area contributed by atoms with Gasteiger partial charge >= 0.3 is 0 Å². The molecule has 0 N–H and O–H groups in total. The fourth-order valence-corrected chi connectivity index (χ4v) is 5.12. The van der Waals surface area contributed by atoms with Gasteiger partial charge in [0.25, 0.3) is 5.56 Å². The Balaban J connectivity index is 1.36. The van der Waals surface area contributed by atoms with E-state index in [1.54, 1.807) is 7.11 Å². The second-order valence-electron chi connectivity index (χ2n) is 8.32. The summed E-state index contributed by atoms with van der Waals surface area (Å²) in [7, 11) is 1.63. The van der Waals surface area contributed by atoms with E-state index in [2.05, 4.69) is 26.0 Å². The molecule has 0 saturated carbocycles. The second kappa shape index (κ2) is 10.2. The summed E-state index contributed by atoms with van der Waals surface area (Å²) in [6.45, 7) is 0.167. The SMILES string of the molecule is COc1ccc(-c2nn(-c3ccccc3)cc2C=c2sc3nc(COc4ccc(Br)cc4)nn3c2=O)cc1. The van der Waals surface area contributed by atoms with Crippen LogP contribution in [-0.2, 0) is 6.61 Å². The third-order valence-corrected chi connectivity index (χ3v) is 7.31. The van der Waals surface area contributed by atoms with Gasteiger partial charge in [0, 0.05) is 21.8 Å². The number of halogens is 1. The van der Waals surface area contributed by atoms with Gasteiger partial charge in [-0.3, -0.25) is 4.79 Å². The number of aromatic nitrogens is 5. The summed E-state index contributed by atoms with van der Waals surface area (Å²) in [5.41, 5.74) is 3.15. The first-order valence-electron chi connectivity index (χ1n) is 11.7. The first-order chi connectivity index (χ1) is 18.6. The lowest BCUT2D eigenvalue weighted by molar-refractivity contribution is 0.296. The van der Waals surface area contributed by atoms with Crippen LogP contribution in [0.15, 0.2) is 94.3 Å². The average Bonchev–Trinajstić information content (AvgIpc) is 3.64. The lowest BCUT2D eigenvalue weighted by Crippen LogP contribution is -2.24. The number of para-hydroxylation sites is 1. The summed E-state index contributed by atoms with van der Waals surface area (Å²) in [6, 6.07) is 25.0. The van der Waals surface area contributed by atoms with E-state index in [0.29, 0.717) is 21.1 Å². The fourth-order valence-electron chi connectivity index (χ4n) is 3.93. The van der Waals surface area contributed by atoms with Crippen LogP contribution in [0, 0.1) is 0 Å². The molecule has 0 saturated heterocycles. The lowest BCUT2D eigenvalue weighted by atomic mass is 10.1. The summed E-state index contributed by atoms with van der Waals surface area (Å²) in [6.07, 6.45) is 3.76. The van der Waals surface area contributed by atoms with Crippen molar-refractivity contribution in [3.05, 3.63) is 116 Å². The van der Waals surface area contributed by atoms with Gasteiger partial charge in [-0.25, -0.2) is 4.68 Å². The molecule has 0 aliphatic rings. The molecule has 0 aliphatic heterocycles. The first-order valence-corrected chi connectivity index (χ1v) is 13.3. The Morgan fingerprint density at radius 1 is 0.947 bits per heavy atom. The minimum Gasteiger partial charge on any atom is -0.497 e. The molecule has 3 heterocycles. The molecule has 188 valence electrons. The third kappa shape index (κ3) is 4.83. The number of thiazole rings is 1. The Bertz CT molecular complexity index is 1830. The van der Waals surface area contributed by atoms with Gasteiger partial charge in [-0.05, 0) is 66.7 Å². The zero-order chi connectivity index (χ0) is 26.1. The van der Waals surface area contributed by atoms with Crippen LogP contribution in [0.25, 0.3) is 28.0 Å². The van der Waals surface area contributed by atoms with Gasteiger partial charge < -0.3 is 9.47 Å². The number of ether oxygens (including phenoxy) is 2. The molecule has 6 aromatic rings. The highest BCUT2D eigenvalue weighted by atomic mass is 79.9. The Hall–Kier alpha value is -4.28. The van der Waals surface area contributed by atoms with Crippen LogP contribution in [0.1, 0.15) is 11.4 Å². The van der Waals surface area contributed by atoms with Crippen LogP contribution in [0.2, 0.25) is 0 Å². The molecule has 0 unspecified atom stereocenters. The Morgan fingerprint density at radius 2 is 1.68 bits per heavy atom. The molecule has 0 spiro atoms. The predicted octanol–water partition coefficient (Wildman–Crippen LogP) is 4.90. The number of benzene rings is 3. The van der Waals surface area contributed by atoms with E-state index in [-0.39, 0.29) is 12.2 Å². The molecule has 38 heavy (non-hydrogen) atoms. The molecule has 0 aliphatic carbocycles. The molecule has 10 heteroatoms. The monoisotopic (exact) mass is 585 g/mol. The van der Waals surface area contributed by atoms with Crippen molar-refractivity contribution in [3.8, 4) is 28.4 Å². The number of hydrogen-bond donors (Lipinski definition) is 0. The molecule has 3 aromatic carbocycles. The van der Waals surface area contributed by atoms with E-state index in [1.807, 2.05) is 95.8 Å². The number of methoxy groups -OCH3 is 1. The van der Waals surface area contributed by atoms with E-state index in [1.165, 1.54) is 15.9 Å². The zero-order valence-electron chi connectivity index (χ0n) is 20.1. The van der Waals surface area contributed by atoms with Crippen LogP contribution in [-0.4, -0.2) is 31.5 Å². The topological polar surface area (TPSA) is 83.5 Å². The van der Waals surface area contributed by atoms with Crippen LogP contribution in [0.5, 0.6) is 11.5 Å². The quantitative estimate of drug-likeness (QED) is 0.265. The normalized spacial score (nSPS) is 11.8. The van der Waals surface area contributed by atoms with E-state index in [9.17, 15) is 4.79 Å². The molecule has 0 bridgehead atoms. The van der Waals surface area contributed by atoms with Crippen molar-refractivity contribution in [3.63, 3.8) is 0 Å². The maximum atomic E-state index is 13.2. The van der Waals surface area contributed by atoms with Crippen molar-refractivity contribution in [2.75, 3.05) is 7.11 Å². The largest absolute Gasteiger partial charge is 0.497 e. The predicted molar refractivity (Wildman–Crippen MR) is 150 cm³/mol. The molecule has 8 nitrogen and oxygen atoms in total. The van der Waals surface area contributed by atoms with Crippen molar-refractivity contribution >= 4 is 38.3 Å². The van der Waals surface area contributed by atoms with Crippen molar-refractivity contribution in [2.45, 2.75) is 6.61 Å². The minimum atomic E-state index is -0.236. The molecular weight excluding hydrogens is 566 g/mol. The van der Waals surface area contributed by atoms with Gasteiger partial charge in [-0.1, -0.05) is 45.5 Å². The minimum absolute atomic E-state index is 0.167. The summed E-state index contributed by atoms with van der Waals surface area (Å²) < 4.78 is 15.7. The van der Waals surface area contributed by atoms with Crippen molar-refractivity contribution in [2.24, 2.45) is 0 Å². The standard InChI is InChI=1S/C28H20BrN5O3S/c1-36-22-11-7-18(8-12-22)26-19(16-33(32-26)21-5-3-2-4-6-21)15-24-27(35)34-28(38-24)30-25(31-34)17-37-23-13-9-20(29)10-14-23/h2-16H,17H2,1H3. The molecule has 0 fully saturated rings. The molecule has 0 amide bonds. The zero-order valence-corrected chi connectivity index (χ0v) is 22.5. The molecule has 3 aromatic heterocycles. The third-order valence-electron chi connectivity index (χ3n) is 5.82. The van der Waals surface area contributed by atoms with Crippen molar-refractivity contribution in [1.82, 2.24) is 24.4 Å². The van der Waals surface area contributed by atoms with E-state index < -0.39 is 0 Å². The number of hydrogen-bond acceptors (Lipinski definition) is 7. The molecular formula is C28H20BrN5O3S. The summed E-state index contributed by atoms with van der Waals surface area (Å²) in [5.74, 6) is 1.90. The summed E-state index contributed by atoms with van der Waals surface area (Å²) in [4.78, 5) is 18.2. The van der Waals surface area contributed by atoms with Crippen molar-refractivity contribution < 1.29 is 9.47 Å². The van der Waals surface area contributed by atoms with Gasteiger partial charge in [-0.2, -0.15) is 14.6 Å². The van der Waals surface area contributed by atoms with E-state index >= 15 is 0 Å². The van der Waals surface area contributed by atoms with Crippen molar-refractivity contribution in [1.29, 1.82) is 0 Å². The average molecular weight is 586 g/mol. The van der Waals surface area contributed by atoms with Crippen LogP contribution < -0.4 is 19.6 Å². The first kappa shape index (κ1) is 24.1. The highest BCUT2D eigenvalue weighted by molar-refractivity contribution is 9.10. The van der Waals surface area contributed by atoms with Gasteiger partial charge in [0.2, 0.25) is 4.96 Å². The molecule has 0 radical (unpaired) electrons. The van der Waals surface area contributed by atoms with E-state index in [0.717, 1.165) is 32.7 Å². The Kier molecular flexibility index (Phi) is 6.48. The Morgan fingerprint density at radius 3 is 2.39 bits per heavy atom. The van der Waals surface area contributed by atoms with Gasteiger partial charge in [0.1, 0.15) is 23.8 Å². The number of nitrogens with zero attached hydrogens (tertiary/aromatic N) is 5. The smallest absolute Gasteiger partial charge is 0.291 e. The number of rotatable bonds is 7. The summed E-state index contributed by atoms with van der Waals surface area (Å²) >= 11 is 4.68. The fraction of sp³-hybridized carbons (Fsp3) is 0.0714. The Labute approximate surface area is 229 Å². The number of fused-ring (bicyclic) bond motifs is 1.